The number of hydrogen-bond donors (Lipinski definition) is 2. The van der Waals surface area contributed by atoms with Crippen molar-refractivity contribution in [3.8, 4) is 0 Å². The Kier molecular flexibility index (Phi) is 7.54. The maximum atomic E-state index is 14.0. The minimum Gasteiger partial charge on any atom is -0.383 e. The molecule has 3 rings (SSSR count). The molecule has 8 heteroatoms. The van der Waals surface area contributed by atoms with Crippen molar-refractivity contribution < 1.29 is 17.5 Å². The zero-order valence-electron chi connectivity index (χ0n) is 19.4. The fourth-order valence-electron chi connectivity index (χ4n) is 4.43. The monoisotopic (exact) mass is 455 g/mol. The first kappa shape index (κ1) is 24.3. The van der Waals surface area contributed by atoms with E-state index in [-0.39, 0.29) is 24.1 Å². The summed E-state index contributed by atoms with van der Waals surface area (Å²) in [5.41, 5.74) is 1.83. The van der Waals surface area contributed by atoms with Gasteiger partial charge in [0.2, 0.25) is 10.0 Å². The average molecular weight is 456 g/mol. The van der Waals surface area contributed by atoms with Gasteiger partial charge in [0.1, 0.15) is 5.82 Å². The first-order chi connectivity index (χ1) is 14.4. The van der Waals surface area contributed by atoms with Gasteiger partial charge in [-0.3, -0.25) is 0 Å². The second-order valence-corrected chi connectivity index (χ2v) is 12.6. The van der Waals surface area contributed by atoms with E-state index < -0.39 is 14.8 Å². The highest BCUT2D eigenvalue weighted by atomic mass is 32.2. The molecule has 2 fully saturated rings. The summed E-state index contributed by atoms with van der Waals surface area (Å²) < 4.78 is 46.7. The normalized spacial score (nSPS) is 27.9. The number of benzene rings is 1. The topological polar surface area (TPSA) is 70.7 Å². The van der Waals surface area contributed by atoms with Gasteiger partial charge in [-0.15, -0.1) is 0 Å². The molecule has 1 aliphatic heterocycles. The van der Waals surface area contributed by atoms with E-state index in [2.05, 4.69) is 14.9 Å². The Morgan fingerprint density at radius 2 is 1.71 bits per heavy atom. The fraction of sp³-hybridized carbons (Fsp3) is 0.739. The van der Waals surface area contributed by atoms with E-state index in [1.54, 1.807) is 26.8 Å². The van der Waals surface area contributed by atoms with Gasteiger partial charge in [-0.2, -0.15) is 0 Å². The van der Waals surface area contributed by atoms with Gasteiger partial charge in [0, 0.05) is 25.7 Å². The van der Waals surface area contributed by atoms with E-state index >= 15 is 0 Å². The van der Waals surface area contributed by atoms with Crippen LogP contribution in [-0.2, 0) is 14.8 Å². The van der Waals surface area contributed by atoms with Crippen molar-refractivity contribution in [2.24, 2.45) is 5.92 Å². The van der Waals surface area contributed by atoms with Gasteiger partial charge in [0.15, 0.2) is 0 Å². The quantitative estimate of drug-likeness (QED) is 0.675. The highest BCUT2D eigenvalue weighted by molar-refractivity contribution is 7.90. The Balaban J connectivity index is 1.57. The van der Waals surface area contributed by atoms with Crippen LogP contribution in [-0.4, -0.2) is 51.0 Å². The number of hydrogen-bond acceptors (Lipinski definition) is 5. The first-order valence-corrected chi connectivity index (χ1v) is 12.9. The molecule has 0 radical (unpaired) electrons. The number of sulfonamides is 1. The van der Waals surface area contributed by atoms with Crippen molar-refractivity contribution >= 4 is 21.4 Å². The predicted molar refractivity (Wildman–Crippen MR) is 125 cm³/mol. The molecule has 0 bridgehead atoms. The van der Waals surface area contributed by atoms with Gasteiger partial charge < -0.3 is 15.0 Å². The molecule has 1 aliphatic carbocycles. The molecule has 31 heavy (non-hydrogen) atoms. The van der Waals surface area contributed by atoms with Crippen LogP contribution in [0.15, 0.2) is 18.2 Å². The molecule has 1 saturated heterocycles. The fourth-order valence-corrected chi connectivity index (χ4v) is 5.45. The molecule has 1 heterocycles. The Bertz CT molecular complexity index is 838. The van der Waals surface area contributed by atoms with Crippen molar-refractivity contribution in [1.29, 1.82) is 0 Å². The van der Waals surface area contributed by atoms with Crippen LogP contribution in [0.2, 0.25) is 0 Å². The Hall–Kier alpha value is -1.38. The molecule has 176 valence electrons. The van der Waals surface area contributed by atoms with Crippen LogP contribution in [0, 0.1) is 11.7 Å². The van der Waals surface area contributed by atoms with Crippen molar-refractivity contribution in [3.05, 3.63) is 24.0 Å². The smallest absolute Gasteiger partial charge is 0.216 e. The lowest BCUT2D eigenvalue weighted by Crippen LogP contribution is -2.46. The van der Waals surface area contributed by atoms with Gasteiger partial charge in [0.05, 0.1) is 28.3 Å². The van der Waals surface area contributed by atoms with Gasteiger partial charge in [0.25, 0.3) is 0 Å². The van der Waals surface area contributed by atoms with E-state index in [4.69, 9.17) is 4.74 Å². The molecular weight excluding hydrogens is 417 g/mol. The molecule has 2 aliphatic rings. The molecule has 1 aromatic rings. The molecule has 2 unspecified atom stereocenters. The summed E-state index contributed by atoms with van der Waals surface area (Å²) in [6.07, 6.45) is 3.82. The third kappa shape index (κ3) is 6.33. The van der Waals surface area contributed by atoms with Gasteiger partial charge in [-0.1, -0.05) is 0 Å². The lowest BCUT2D eigenvalue weighted by molar-refractivity contribution is -0.00519. The van der Waals surface area contributed by atoms with Crippen LogP contribution < -0.4 is 14.9 Å². The summed E-state index contributed by atoms with van der Waals surface area (Å²) in [5, 5.41) is 3.54. The van der Waals surface area contributed by atoms with Crippen molar-refractivity contribution in [3.63, 3.8) is 0 Å². The number of nitrogens with zero attached hydrogens (tertiary/aromatic N) is 1. The number of nitrogens with one attached hydrogen (secondary N) is 2. The van der Waals surface area contributed by atoms with Crippen LogP contribution in [0.25, 0.3) is 0 Å². The van der Waals surface area contributed by atoms with Gasteiger partial charge in [-0.25, -0.2) is 17.5 Å². The van der Waals surface area contributed by atoms with E-state index in [9.17, 15) is 12.8 Å². The summed E-state index contributed by atoms with van der Waals surface area (Å²) in [5.74, 6) is 0.231. The second kappa shape index (κ2) is 9.63. The maximum Gasteiger partial charge on any atom is 0.216 e. The minimum atomic E-state index is -3.32. The molecule has 1 aromatic carbocycles. The van der Waals surface area contributed by atoms with Crippen LogP contribution in [0.5, 0.6) is 0 Å². The third-order valence-electron chi connectivity index (χ3n) is 6.28. The number of halogens is 1. The summed E-state index contributed by atoms with van der Waals surface area (Å²) in [7, 11) is -3.32. The zero-order chi connectivity index (χ0) is 22.8. The van der Waals surface area contributed by atoms with E-state index in [1.807, 2.05) is 19.9 Å². The Morgan fingerprint density at radius 1 is 1.10 bits per heavy atom. The summed E-state index contributed by atoms with van der Waals surface area (Å²) in [4.78, 5) is 2.20. The number of rotatable bonds is 6. The molecule has 2 atom stereocenters. The van der Waals surface area contributed by atoms with Crippen molar-refractivity contribution in [2.75, 3.05) is 29.9 Å². The highest BCUT2D eigenvalue weighted by Gasteiger charge is 2.33. The summed E-state index contributed by atoms with van der Waals surface area (Å²) in [6.45, 7) is 11.5. The van der Waals surface area contributed by atoms with E-state index in [0.717, 1.165) is 56.7 Å². The first-order valence-electron chi connectivity index (χ1n) is 11.4. The molecule has 6 nitrogen and oxygen atoms in total. The second-order valence-electron chi connectivity index (χ2n) is 10.2. The van der Waals surface area contributed by atoms with Crippen LogP contribution in [0.3, 0.4) is 0 Å². The largest absolute Gasteiger partial charge is 0.383 e. The molecule has 2 N–H and O–H groups in total. The van der Waals surface area contributed by atoms with Crippen LogP contribution >= 0.6 is 0 Å². The van der Waals surface area contributed by atoms with Crippen molar-refractivity contribution in [2.45, 2.75) is 83.3 Å². The number of anilines is 2. The average Bonchev–Trinajstić information content (AvgIpc) is 2.66. The Labute approximate surface area is 187 Å². The SMILES string of the molecule is CC1CN(c2cc(F)ccc2NCC2CCC(NS(=O)(=O)C(C)(C)C)CC2)CC(C)O1. The molecule has 0 spiro atoms. The zero-order valence-corrected chi connectivity index (χ0v) is 20.3. The lowest BCUT2D eigenvalue weighted by Gasteiger charge is -2.38. The van der Waals surface area contributed by atoms with Crippen LogP contribution in [0.1, 0.15) is 60.3 Å². The minimum absolute atomic E-state index is 0.0122. The van der Waals surface area contributed by atoms with E-state index in [0.29, 0.717) is 5.92 Å². The summed E-state index contributed by atoms with van der Waals surface area (Å²) in [6, 6.07) is 4.93. The summed E-state index contributed by atoms with van der Waals surface area (Å²) >= 11 is 0. The van der Waals surface area contributed by atoms with Gasteiger partial charge in [-0.05, 0) is 84.4 Å². The molecule has 0 amide bonds. The number of ether oxygens (including phenoxy) is 1. The third-order valence-corrected chi connectivity index (χ3v) is 8.53. The van der Waals surface area contributed by atoms with Crippen LogP contribution in [0.4, 0.5) is 15.8 Å². The van der Waals surface area contributed by atoms with Crippen molar-refractivity contribution in [1.82, 2.24) is 4.72 Å². The maximum absolute atomic E-state index is 14.0. The lowest BCUT2D eigenvalue weighted by atomic mass is 9.86. The Morgan fingerprint density at radius 3 is 2.29 bits per heavy atom. The number of morpholine rings is 1. The molecule has 1 saturated carbocycles. The molecular formula is C23H38FN3O3S. The standard InChI is InChI=1S/C23H38FN3O3S/c1-16-14-27(15-17(2)30-16)22-12-19(24)8-11-21(22)25-13-18-6-9-20(10-7-18)26-31(28,29)23(3,4)5/h8,11-12,16-18,20,25-26H,6-7,9-10,13-15H2,1-5H3. The predicted octanol–water partition coefficient (Wildman–Crippen LogP) is 4.13. The van der Waals surface area contributed by atoms with E-state index in [1.165, 1.54) is 6.07 Å². The highest BCUT2D eigenvalue weighted by Crippen LogP contribution is 2.32. The molecule has 0 aromatic heterocycles. The van der Waals surface area contributed by atoms with Gasteiger partial charge >= 0.3 is 0 Å².